The summed E-state index contributed by atoms with van der Waals surface area (Å²) in [6.07, 6.45) is 2.38. The van der Waals surface area contributed by atoms with E-state index in [4.69, 9.17) is 16.3 Å². The maximum absolute atomic E-state index is 5.72. The highest BCUT2D eigenvalue weighted by atomic mass is 35.5. The highest BCUT2D eigenvalue weighted by molar-refractivity contribution is 6.28. The molecule has 0 radical (unpaired) electrons. The third-order valence-corrected chi connectivity index (χ3v) is 2.39. The van der Waals surface area contributed by atoms with Crippen LogP contribution in [-0.4, -0.2) is 17.1 Å². The Morgan fingerprint density at radius 3 is 2.94 bits per heavy atom. The normalized spacial score (nSPS) is 10.1. The zero-order valence-electron chi connectivity index (χ0n) is 8.85. The van der Waals surface area contributed by atoms with Crippen LogP contribution in [-0.2, 0) is 6.42 Å². The van der Waals surface area contributed by atoms with Crippen LogP contribution in [0.3, 0.4) is 0 Å². The number of benzene rings is 1. The molecule has 4 heteroatoms. The van der Waals surface area contributed by atoms with E-state index in [1.54, 1.807) is 13.3 Å². The van der Waals surface area contributed by atoms with Gasteiger partial charge in [-0.1, -0.05) is 12.1 Å². The maximum atomic E-state index is 5.72. The maximum Gasteiger partial charge on any atom is 0.222 e. The Morgan fingerprint density at radius 2 is 2.19 bits per heavy atom. The highest BCUT2D eigenvalue weighted by Crippen LogP contribution is 2.15. The second kappa shape index (κ2) is 4.94. The molecule has 0 unspecified atom stereocenters. The average Bonchev–Trinajstić information content (AvgIpc) is 2.29. The van der Waals surface area contributed by atoms with Gasteiger partial charge in [-0.2, -0.15) is 0 Å². The Labute approximate surface area is 99.1 Å². The van der Waals surface area contributed by atoms with Crippen molar-refractivity contribution < 1.29 is 4.74 Å². The summed E-state index contributed by atoms with van der Waals surface area (Å²) in [5.74, 6) is 0.845. The predicted molar refractivity (Wildman–Crippen MR) is 62.8 cm³/mol. The molecule has 1 aromatic heterocycles. The first-order valence-electron chi connectivity index (χ1n) is 4.88. The second-order valence-corrected chi connectivity index (χ2v) is 3.68. The number of ether oxygens (including phenoxy) is 1. The number of aromatic nitrogens is 2. The highest BCUT2D eigenvalue weighted by Gasteiger charge is 2.00. The van der Waals surface area contributed by atoms with Gasteiger partial charge in [0.25, 0.3) is 0 Å². The van der Waals surface area contributed by atoms with Crippen molar-refractivity contribution >= 4 is 11.6 Å². The largest absolute Gasteiger partial charge is 0.497 e. The molecular weight excluding hydrogens is 224 g/mol. The van der Waals surface area contributed by atoms with Crippen molar-refractivity contribution in [2.75, 3.05) is 7.11 Å². The molecule has 2 aromatic rings. The summed E-state index contributed by atoms with van der Waals surface area (Å²) in [5, 5.41) is 0.278. The molecule has 2 rings (SSSR count). The van der Waals surface area contributed by atoms with Crippen LogP contribution in [0.25, 0.3) is 0 Å². The minimum Gasteiger partial charge on any atom is -0.497 e. The summed E-state index contributed by atoms with van der Waals surface area (Å²) in [6.45, 7) is 0. The van der Waals surface area contributed by atoms with Crippen LogP contribution in [0.15, 0.2) is 36.5 Å². The van der Waals surface area contributed by atoms with E-state index in [1.807, 2.05) is 30.3 Å². The zero-order valence-corrected chi connectivity index (χ0v) is 9.61. The second-order valence-electron chi connectivity index (χ2n) is 3.35. The van der Waals surface area contributed by atoms with Gasteiger partial charge in [0.15, 0.2) is 0 Å². The van der Waals surface area contributed by atoms with E-state index >= 15 is 0 Å². The van der Waals surface area contributed by atoms with E-state index < -0.39 is 0 Å². The smallest absolute Gasteiger partial charge is 0.222 e. The molecule has 0 aliphatic rings. The first-order valence-corrected chi connectivity index (χ1v) is 5.26. The van der Waals surface area contributed by atoms with Gasteiger partial charge >= 0.3 is 0 Å². The quantitative estimate of drug-likeness (QED) is 0.766. The fraction of sp³-hybridized carbons (Fsp3) is 0.167. The van der Waals surface area contributed by atoms with E-state index in [0.717, 1.165) is 23.4 Å². The number of rotatable bonds is 3. The summed E-state index contributed by atoms with van der Waals surface area (Å²) >= 11 is 5.72. The van der Waals surface area contributed by atoms with Gasteiger partial charge in [-0.05, 0) is 35.4 Å². The zero-order chi connectivity index (χ0) is 11.4. The first-order chi connectivity index (χ1) is 7.78. The third-order valence-electron chi connectivity index (χ3n) is 2.20. The molecular formula is C12H11ClN2O. The van der Waals surface area contributed by atoms with Crippen LogP contribution in [0.4, 0.5) is 0 Å². The molecule has 0 N–H and O–H groups in total. The van der Waals surface area contributed by atoms with Crippen molar-refractivity contribution in [1.29, 1.82) is 0 Å². The topological polar surface area (TPSA) is 35.0 Å². The van der Waals surface area contributed by atoms with E-state index in [-0.39, 0.29) is 5.28 Å². The van der Waals surface area contributed by atoms with Crippen molar-refractivity contribution in [2.24, 2.45) is 0 Å². The molecule has 0 saturated carbocycles. The van der Waals surface area contributed by atoms with Crippen LogP contribution in [0, 0.1) is 0 Å². The SMILES string of the molecule is COc1cccc(Cc2ccnc(Cl)n2)c1. The van der Waals surface area contributed by atoms with Gasteiger partial charge in [0.05, 0.1) is 7.11 Å². The van der Waals surface area contributed by atoms with Crippen LogP contribution < -0.4 is 4.74 Å². The molecule has 16 heavy (non-hydrogen) atoms. The molecule has 0 atom stereocenters. The lowest BCUT2D eigenvalue weighted by Gasteiger charge is -2.04. The minimum absolute atomic E-state index is 0.278. The predicted octanol–water partition coefficient (Wildman–Crippen LogP) is 2.73. The minimum atomic E-state index is 0.278. The van der Waals surface area contributed by atoms with Crippen LogP contribution in [0.1, 0.15) is 11.3 Å². The molecule has 0 bridgehead atoms. The van der Waals surface area contributed by atoms with Gasteiger partial charge in [-0.15, -0.1) is 0 Å². The van der Waals surface area contributed by atoms with Gasteiger partial charge in [0.2, 0.25) is 5.28 Å². The molecule has 0 spiro atoms. The van der Waals surface area contributed by atoms with Crippen molar-refractivity contribution in [3.8, 4) is 5.75 Å². The van der Waals surface area contributed by atoms with Crippen molar-refractivity contribution in [2.45, 2.75) is 6.42 Å². The summed E-state index contributed by atoms with van der Waals surface area (Å²) in [5.41, 5.74) is 2.03. The summed E-state index contributed by atoms with van der Waals surface area (Å²) in [6, 6.07) is 9.73. The molecule has 0 aliphatic heterocycles. The standard InChI is InChI=1S/C12H11ClN2O/c1-16-11-4-2-3-9(8-11)7-10-5-6-14-12(13)15-10/h2-6,8H,7H2,1H3. The third kappa shape index (κ3) is 2.70. The summed E-state index contributed by atoms with van der Waals surface area (Å²) in [7, 11) is 1.65. The first kappa shape index (κ1) is 10.9. The van der Waals surface area contributed by atoms with Crippen molar-refractivity contribution in [3.05, 3.63) is 53.1 Å². The molecule has 1 heterocycles. The average molecular weight is 235 g/mol. The van der Waals surface area contributed by atoms with E-state index in [0.29, 0.717) is 0 Å². The van der Waals surface area contributed by atoms with Gasteiger partial charge in [0.1, 0.15) is 5.75 Å². The lowest BCUT2D eigenvalue weighted by atomic mass is 10.1. The molecule has 1 aromatic carbocycles. The Hall–Kier alpha value is -1.61. The Kier molecular flexibility index (Phi) is 3.37. The van der Waals surface area contributed by atoms with Gasteiger partial charge in [-0.25, -0.2) is 9.97 Å². The number of methoxy groups -OCH3 is 1. The van der Waals surface area contributed by atoms with Crippen LogP contribution >= 0.6 is 11.6 Å². The lowest BCUT2D eigenvalue weighted by molar-refractivity contribution is 0.414. The van der Waals surface area contributed by atoms with Crippen molar-refractivity contribution in [1.82, 2.24) is 9.97 Å². The van der Waals surface area contributed by atoms with Gasteiger partial charge in [-0.3, -0.25) is 0 Å². The Morgan fingerprint density at radius 1 is 1.31 bits per heavy atom. The van der Waals surface area contributed by atoms with Crippen LogP contribution in [0.2, 0.25) is 5.28 Å². The monoisotopic (exact) mass is 234 g/mol. The van der Waals surface area contributed by atoms with Gasteiger partial charge in [0, 0.05) is 18.3 Å². The molecule has 3 nitrogen and oxygen atoms in total. The van der Waals surface area contributed by atoms with Crippen molar-refractivity contribution in [3.63, 3.8) is 0 Å². The van der Waals surface area contributed by atoms with Gasteiger partial charge < -0.3 is 4.74 Å². The number of hydrogen-bond acceptors (Lipinski definition) is 3. The molecule has 0 fully saturated rings. The summed E-state index contributed by atoms with van der Waals surface area (Å²) in [4.78, 5) is 7.98. The van der Waals surface area contributed by atoms with E-state index in [1.165, 1.54) is 0 Å². The van der Waals surface area contributed by atoms with E-state index in [2.05, 4.69) is 9.97 Å². The number of nitrogens with zero attached hydrogens (tertiary/aromatic N) is 2. The Balaban J connectivity index is 2.20. The molecule has 82 valence electrons. The molecule has 0 amide bonds. The molecule has 0 saturated heterocycles. The number of hydrogen-bond donors (Lipinski definition) is 0. The Bertz CT molecular complexity index is 488. The fourth-order valence-electron chi connectivity index (χ4n) is 1.46. The lowest BCUT2D eigenvalue weighted by Crippen LogP contribution is -1.94. The fourth-order valence-corrected chi connectivity index (χ4v) is 1.62. The van der Waals surface area contributed by atoms with E-state index in [9.17, 15) is 0 Å². The number of halogens is 1. The summed E-state index contributed by atoms with van der Waals surface area (Å²) < 4.78 is 5.16. The molecule has 0 aliphatic carbocycles. The van der Waals surface area contributed by atoms with Crippen LogP contribution in [0.5, 0.6) is 5.75 Å².